The molecule has 0 saturated carbocycles. The molecule has 0 spiro atoms. The van der Waals surface area contributed by atoms with Crippen molar-refractivity contribution in [2.45, 2.75) is 46.2 Å². The molecule has 3 heteroatoms. The van der Waals surface area contributed by atoms with E-state index < -0.39 is 0 Å². The van der Waals surface area contributed by atoms with Crippen LogP contribution in [0.1, 0.15) is 43.4 Å². The van der Waals surface area contributed by atoms with Gasteiger partial charge in [0, 0.05) is 24.7 Å². The second-order valence-corrected chi connectivity index (χ2v) is 6.23. The monoisotopic (exact) mass is 269 g/mol. The lowest BCUT2D eigenvalue weighted by atomic mass is 10.1. The highest BCUT2D eigenvalue weighted by Crippen LogP contribution is 2.08. The van der Waals surface area contributed by atoms with Crippen molar-refractivity contribution in [3.8, 4) is 0 Å². The average molecular weight is 269 g/mol. The quantitative estimate of drug-likeness (QED) is 0.925. The second kappa shape index (κ2) is 6.14. The predicted octanol–water partition coefficient (Wildman–Crippen LogP) is 3.26. The summed E-state index contributed by atoms with van der Waals surface area (Å²) in [6.45, 7) is 9.33. The summed E-state index contributed by atoms with van der Waals surface area (Å²) < 4.78 is 0. The molecule has 0 aliphatic carbocycles. The first kappa shape index (κ1) is 14.7. The van der Waals surface area contributed by atoms with Gasteiger partial charge in [0.1, 0.15) is 5.82 Å². The Morgan fingerprint density at radius 1 is 1.05 bits per heavy atom. The third-order valence-electron chi connectivity index (χ3n) is 3.05. The first-order valence-corrected chi connectivity index (χ1v) is 7.04. The zero-order valence-corrected chi connectivity index (χ0v) is 12.8. The molecule has 106 valence electrons. The van der Waals surface area contributed by atoms with Crippen LogP contribution in [0.25, 0.3) is 0 Å². The van der Waals surface area contributed by atoms with E-state index in [2.05, 4.69) is 67.2 Å². The van der Waals surface area contributed by atoms with Crippen molar-refractivity contribution in [2.75, 3.05) is 0 Å². The van der Waals surface area contributed by atoms with Gasteiger partial charge in [0.2, 0.25) is 0 Å². The molecule has 0 atom stereocenters. The van der Waals surface area contributed by atoms with Crippen molar-refractivity contribution in [2.24, 2.45) is 0 Å². The summed E-state index contributed by atoms with van der Waals surface area (Å²) >= 11 is 0. The Hall–Kier alpha value is -1.74. The van der Waals surface area contributed by atoms with Gasteiger partial charge < -0.3 is 5.32 Å². The molecule has 20 heavy (non-hydrogen) atoms. The van der Waals surface area contributed by atoms with E-state index in [1.165, 1.54) is 11.1 Å². The Morgan fingerprint density at radius 3 is 2.40 bits per heavy atom. The van der Waals surface area contributed by atoms with Crippen LogP contribution in [-0.4, -0.2) is 15.5 Å². The number of nitrogens with one attached hydrogen (secondary N) is 1. The first-order valence-electron chi connectivity index (χ1n) is 7.04. The van der Waals surface area contributed by atoms with Crippen LogP contribution in [0.2, 0.25) is 0 Å². The van der Waals surface area contributed by atoms with Gasteiger partial charge in [0.05, 0.1) is 5.69 Å². The summed E-state index contributed by atoms with van der Waals surface area (Å²) in [7, 11) is 0. The average Bonchev–Trinajstić information content (AvgIpc) is 2.39. The number of benzene rings is 1. The lowest BCUT2D eigenvalue weighted by Crippen LogP contribution is -2.35. The van der Waals surface area contributed by atoms with Crippen LogP contribution in [-0.2, 0) is 13.0 Å². The SMILES string of the molecule is Cc1ccc(Cc2nccc(CNC(C)(C)C)n2)cc1. The first-order chi connectivity index (χ1) is 9.42. The molecule has 3 nitrogen and oxygen atoms in total. The highest BCUT2D eigenvalue weighted by molar-refractivity contribution is 5.24. The smallest absolute Gasteiger partial charge is 0.132 e. The van der Waals surface area contributed by atoms with Crippen molar-refractivity contribution < 1.29 is 0 Å². The van der Waals surface area contributed by atoms with Crippen LogP contribution in [0.15, 0.2) is 36.5 Å². The van der Waals surface area contributed by atoms with Gasteiger partial charge in [-0.25, -0.2) is 9.97 Å². The molecule has 2 rings (SSSR count). The zero-order chi connectivity index (χ0) is 14.6. The van der Waals surface area contributed by atoms with Crippen LogP contribution in [0.3, 0.4) is 0 Å². The van der Waals surface area contributed by atoms with Gasteiger partial charge in [-0.3, -0.25) is 0 Å². The fourth-order valence-electron chi connectivity index (χ4n) is 1.87. The van der Waals surface area contributed by atoms with Crippen molar-refractivity contribution >= 4 is 0 Å². The van der Waals surface area contributed by atoms with Gasteiger partial charge in [0.25, 0.3) is 0 Å². The summed E-state index contributed by atoms with van der Waals surface area (Å²) in [5, 5.41) is 3.45. The van der Waals surface area contributed by atoms with Gasteiger partial charge in [-0.1, -0.05) is 29.8 Å². The molecule has 0 amide bonds. The lowest BCUT2D eigenvalue weighted by Gasteiger charge is -2.20. The fraction of sp³-hybridized carbons (Fsp3) is 0.412. The molecule has 1 aromatic heterocycles. The fourth-order valence-corrected chi connectivity index (χ4v) is 1.87. The van der Waals surface area contributed by atoms with Crippen LogP contribution in [0, 0.1) is 6.92 Å². The Bertz CT molecular complexity index is 553. The van der Waals surface area contributed by atoms with E-state index in [9.17, 15) is 0 Å². The van der Waals surface area contributed by atoms with Gasteiger partial charge in [0.15, 0.2) is 0 Å². The van der Waals surface area contributed by atoms with E-state index in [1.807, 2.05) is 12.3 Å². The van der Waals surface area contributed by atoms with Gasteiger partial charge in [-0.05, 0) is 39.3 Å². The zero-order valence-electron chi connectivity index (χ0n) is 12.8. The third-order valence-corrected chi connectivity index (χ3v) is 3.05. The minimum atomic E-state index is 0.0993. The molecule has 1 N–H and O–H groups in total. The number of hydrogen-bond acceptors (Lipinski definition) is 3. The van der Waals surface area contributed by atoms with Crippen LogP contribution in [0.5, 0.6) is 0 Å². The Morgan fingerprint density at radius 2 is 1.75 bits per heavy atom. The summed E-state index contributed by atoms with van der Waals surface area (Å²) in [5.41, 5.74) is 3.66. The van der Waals surface area contributed by atoms with E-state index >= 15 is 0 Å². The minimum Gasteiger partial charge on any atom is -0.306 e. The molecule has 0 aliphatic rings. The number of aryl methyl sites for hydroxylation is 1. The van der Waals surface area contributed by atoms with Crippen LogP contribution >= 0.6 is 0 Å². The number of hydrogen-bond donors (Lipinski definition) is 1. The Balaban J connectivity index is 2.04. The van der Waals surface area contributed by atoms with Crippen molar-refractivity contribution in [3.05, 3.63) is 59.2 Å². The molecular formula is C17H23N3. The summed E-state index contributed by atoms with van der Waals surface area (Å²) in [4.78, 5) is 8.98. The molecule has 0 unspecified atom stereocenters. The van der Waals surface area contributed by atoms with E-state index in [4.69, 9.17) is 0 Å². The van der Waals surface area contributed by atoms with Gasteiger partial charge in [-0.15, -0.1) is 0 Å². The highest BCUT2D eigenvalue weighted by atomic mass is 15.0. The van der Waals surface area contributed by atoms with Crippen LogP contribution in [0.4, 0.5) is 0 Å². The molecule has 0 aliphatic heterocycles. The van der Waals surface area contributed by atoms with Crippen molar-refractivity contribution in [1.82, 2.24) is 15.3 Å². The molecule has 1 heterocycles. The summed E-state index contributed by atoms with van der Waals surface area (Å²) in [6, 6.07) is 10.5. The molecule has 2 aromatic rings. The highest BCUT2D eigenvalue weighted by Gasteiger charge is 2.09. The minimum absolute atomic E-state index is 0.0993. The van der Waals surface area contributed by atoms with E-state index in [0.717, 1.165) is 24.5 Å². The second-order valence-electron chi connectivity index (χ2n) is 6.23. The molecule has 0 fully saturated rings. The normalized spacial score (nSPS) is 11.6. The van der Waals surface area contributed by atoms with Gasteiger partial charge >= 0.3 is 0 Å². The van der Waals surface area contributed by atoms with Crippen molar-refractivity contribution in [3.63, 3.8) is 0 Å². The number of aromatic nitrogens is 2. The topological polar surface area (TPSA) is 37.8 Å². The van der Waals surface area contributed by atoms with E-state index in [1.54, 1.807) is 0 Å². The number of nitrogens with zero attached hydrogens (tertiary/aromatic N) is 2. The summed E-state index contributed by atoms with van der Waals surface area (Å²) in [6.07, 6.45) is 2.62. The van der Waals surface area contributed by atoms with E-state index in [0.29, 0.717) is 0 Å². The molecule has 0 bridgehead atoms. The summed E-state index contributed by atoms with van der Waals surface area (Å²) in [5.74, 6) is 0.877. The Labute approximate surface area is 121 Å². The predicted molar refractivity (Wildman–Crippen MR) is 82.6 cm³/mol. The molecule has 1 aromatic carbocycles. The third kappa shape index (κ3) is 4.74. The van der Waals surface area contributed by atoms with Crippen molar-refractivity contribution in [1.29, 1.82) is 0 Å². The maximum Gasteiger partial charge on any atom is 0.132 e. The maximum absolute atomic E-state index is 4.62. The van der Waals surface area contributed by atoms with Gasteiger partial charge in [-0.2, -0.15) is 0 Å². The van der Waals surface area contributed by atoms with E-state index in [-0.39, 0.29) is 5.54 Å². The van der Waals surface area contributed by atoms with Crippen LogP contribution < -0.4 is 5.32 Å². The standard InChI is InChI=1S/C17H23N3/c1-13-5-7-14(8-6-13)11-16-18-10-9-15(20-16)12-19-17(2,3)4/h5-10,19H,11-12H2,1-4H3. The molecular weight excluding hydrogens is 246 g/mol. The molecule has 0 saturated heterocycles. The molecule has 0 radical (unpaired) electrons. The Kier molecular flexibility index (Phi) is 4.50. The maximum atomic E-state index is 4.62. The number of rotatable bonds is 4. The lowest BCUT2D eigenvalue weighted by molar-refractivity contribution is 0.420. The largest absolute Gasteiger partial charge is 0.306 e.